The van der Waals surface area contributed by atoms with E-state index in [1.807, 2.05) is 194 Å². The van der Waals surface area contributed by atoms with Crippen LogP contribution in [0.2, 0.25) is 0 Å². The van der Waals surface area contributed by atoms with Crippen LogP contribution in [0, 0.1) is 0 Å². The molecule has 0 atom stereocenters. The van der Waals surface area contributed by atoms with Crippen molar-refractivity contribution in [1.82, 2.24) is 121 Å². The molecule has 25 nitrogen and oxygen atoms in total. The number of hydrogen-bond donors (Lipinski definition) is 0. The van der Waals surface area contributed by atoms with Gasteiger partial charge in [0.15, 0.2) is 17.2 Å². The smallest absolute Gasteiger partial charge is 0.581 e. The fourth-order valence-corrected chi connectivity index (χ4v) is 7.07. The van der Waals surface area contributed by atoms with Gasteiger partial charge >= 0.3 is 68.3 Å². The van der Waals surface area contributed by atoms with Gasteiger partial charge in [-0.15, -0.1) is 0 Å². The van der Waals surface area contributed by atoms with Crippen LogP contribution in [-0.4, -0.2) is 103 Å². The number of halogens is 12. The molecule has 0 aromatic carbocycles. The van der Waals surface area contributed by atoms with Crippen molar-refractivity contribution in [2.75, 3.05) is 0 Å². The van der Waals surface area contributed by atoms with E-state index in [4.69, 9.17) is 139 Å². The maximum atomic E-state index is 4.81. The molecule has 41 heteroatoms. The minimum Gasteiger partial charge on any atom is -0.581 e. The van der Waals surface area contributed by atoms with Crippen molar-refractivity contribution < 1.29 is 73.8 Å². The van der Waals surface area contributed by atoms with Crippen LogP contribution >= 0.6 is 139 Å². The number of alkyl halides is 12. The molecular weight excluding hydrogens is 1850 g/mol. The molecular formula is C68H54Cl12Cu4N24O. The molecule has 0 aliphatic carbocycles. The maximum absolute atomic E-state index is 4.81. The van der Waals surface area contributed by atoms with Gasteiger partial charge in [0, 0.05) is 121 Å². The zero-order chi connectivity index (χ0) is 74.5. The third-order valence-corrected chi connectivity index (χ3v) is 11.1. The monoisotopic (exact) mass is 1890 g/mol. The Morgan fingerprint density at radius 3 is 0.459 bits per heavy atom. The van der Waals surface area contributed by atoms with Crippen LogP contribution in [-0.2, 0) is 68.3 Å². The molecule has 0 saturated heterocycles. The number of rotatable bonds is 8. The molecule has 4 radical (unpaired) electrons. The summed E-state index contributed by atoms with van der Waals surface area (Å²) in [7, 11) is 0. The Hall–Kier alpha value is -7.60. The van der Waals surface area contributed by atoms with E-state index in [2.05, 4.69) is 121 Å². The molecule has 16 aromatic rings. The summed E-state index contributed by atoms with van der Waals surface area (Å²) in [4.78, 5) is 32.9. The molecule has 2 N–H and O–H groups in total. The molecule has 0 bridgehead atoms. The zero-order valence-corrected chi connectivity index (χ0v) is 67.8. The summed E-state index contributed by atoms with van der Waals surface area (Å²) in [5, 5.41) is 60.7. The summed E-state index contributed by atoms with van der Waals surface area (Å²) >= 11 is 57.7. The van der Waals surface area contributed by atoms with Crippen LogP contribution in [0.15, 0.2) is 293 Å². The van der Waals surface area contributed by atoms with Crippen molar-refractivity contribution in [3.8, 4) is 91.1 Å². The number of nitrogens with zero attached hydrogens (tertiary/aromatic N) is 24. The van der Waals surface area contributed by atoms with E-state index in [1.165, 1.54) is 0 Å². The number of aromatic nitrogens is 24. The van der Waals surface area contributed by atoms with Crippen molar-refractivity contribution in [2.24, 2.45) is 0 Å². The summed E-state index contributed by atoms with van der Waals surface area (Å²) in [5.74, 6) is 0. The van der Waals surface area contributed by atoms with Gasteiger partial charge in [0.1, 0.15) is 0 Å². The van der Waals surface area contributed by atoms with Gasteiger partial charge in [-0.1, -0.05) is 270 Å². The van der Waals surface area contributed by atoms with Crippen LogP contribution in [0.1, 0.15) is 0 Å². The normalized spacial score (nSPS) is 9.25. The summed E-state index contributed by atoms with van der Waals surface area (Å²) < 4.78 is -3.00. The van der Waals surface area contributed by atoms with Gasteiger partial charge in [0.05, 0.1) is 22.8 Å². The average molecular weight is 1900 g/mol. The SMILES string of the molecule is ClC(Cl)Cl.ClC(Cl)Cl.ClC(Cl)Cl.ClC(Cl)Cl.O.[Cu+2].[Cu+2].[Cu+2].[Cu+2].c1ccc(-c2cc[n-]n2)nc1.c1ccc(-c2cc[n-]n2)nc1.c1ccc(-c2ccn[n-]2)nc1.c1ccc(-c2ccn[n-]2)nc1.c1ccc(-c2ccn[n-]2)nc1.c1ccc(-c2ccn[n-]2)nc1.c1ccc(-c2ccn[n-]2)nc1.c1ccc(-c2ccn[n-]2)nc1. The minimum absolute atomic E-state index is 0. The van der Waals surface area contributed by atoms with Gasteiger partial charge in [-0.3, -0.25) is 39.9 Å². The zero-order valence-electron chi connectivity index (χ0n) is 55.0. The molecule has 0 aliphatic heterocycles. The van der Waals surface area contributed by atoms with Crippen LogP contribution in [0.25, 0.3) is 91.1 Å². The van der Waals surface area contributed by atoms with Gasteiger partial charge in [0.2, 0.25) is 0 Å². The number of hydrogen-bond acceptors (Lipinski definition) is 16. The molecule has 0 saturated carbocycles. The predicted octanol–water partition coefficient (Wildman–Crippen LogP) is 15.9. The summed E-state index contributed by atoms with van der Waals surface area (Å²) in [5.41, 5.74) is 13.5. The number of pyridine rings is 8. The second-order valence-corrected chi connectivity index (χ2v) is 26.0. The van der Waals surface area contributed by atoms with Crippen molar-refractivity contribution in [2.45, 2.75) is 17.2 Å². The van der Waals surface area contributed by atoms with Crippen LogP contribution in [0.3, 0.4) is 0 Å². The Labute approximate surface area is 728 Å². The molecule has 109 heavy (non-hydrogen) atoms. The summed E-state index contributed by atoms with van der Waals surface area (Å²) in [6.07, 6.45) is 27.2. The largest absolute Gasteiger partial charge is 2.00 e. The fourth-order valence-electron chi connectivity index (χ4n) is 7.07. The molecule has 0 fully saturated rings. The fraction of sp³-hybridized carbons (Fsp3) is 0.0588. The molecule has 0 spiro atoms. The Bertz CT molecular complexity index is 3610. The molecule has 0 unspecified atom stereocenters. The van der Waals surface area contributed by atoms with Gasteiger partial charge in [-0.05, 0) is 97.1 Å². The first-order chi connectivity index (χ1) is 50.7. The first-order valence-electron chi connectivity index (χ1n) is 29.2. The second-order valence-electron chi connectivity index (χ2n) is 18.0. The molecule has 580 valence electrons. The van der Waals surface area contributed by atoms with Gasteiger partial charge < -0.3 is 87.1 Å². The Morgan fingerprint density at radius 2 is 0.349 bits per heavy atom. The average Bonchev–Trinajstić information content (AvgIpc) is 1.88. The predicted molar refractivity (Wildman–Crippen MR) is 415 cm³/mol. The molecule has 16 rings (SSSR count). The van der Waals surface area contributed by atoms with Crippen molar-refractivity contribution in [3.63, 3.8) is 0 Å². The minimum atomic E-state index is -0.750. The van der Waals surface area contributed by atoms with Crippen LogP contribution in [0.5, 0.6) is 0 Å². The van der Waals surface area contributed by atoms with Gasteiger partial charge in [0.25, 0.3) is 0 Å². The van der Waals surface area contributed by atoms with E-state index in [0.29, 0.717) is 0 Å². The van der Waals surface area contributed by atoms with E-state index >= 15 is 0 Å². The standard InChI is InChI=1S/8C8H6N3.4CHCl3.4Cu.H2O/c8*1-2-5-9-7(3-1)8-4-6-10-11-8;4*2-1(3)4;;;;;/h8*1-6H;4*1H;;;;;1H2/q8*-1;;;;;4*+2;. The van der Waals surface area contributed by atoms with Crippen molar-refractivity contribution >= 4 is 139 Å². The maximum Gasteiger partial charge on any atom is 2.00 e. The van der Waals surface area contributed by atoms with E-state index in [1.54, 1.807) is 99.1 Å². The Balaban J connectivity index is 0.00000118. The molecule has 16 heterocycles. The third kappa shape index (κ3) is 46.6. The van der Waals surface area contributed by atoms with E-state index < -0.39 is 17.2 Å². The van der Waals surface area contributed by atoms with E-state index in [9.17, 15) is 0 Å². The second kappa shape index (κ2) is 64.1. The van der Waals surface area contributed by atoms with Gasteiger partial charge in [-0.2, -0.15) is 12.4 Å². The van der Waals surface area contributed by atoms with Crippen LogP contribution < -0.4 is 40.8 Å². The topological polar surface area (TPSA) is 351 Å². The first kappa shape index (κ1) is 101. The van der Waals surface area contributed by atoms with Crippen molar-refractivity contribution in [3.05, 3.63) is 293 Å². The Kier molecular flexibility index (Phi) is 59.6. The third-order valence-electron chi connectivity index (χ3n) is 11.1. The first-order valence-corrected chi connectivity index (χ1v) is 34.5. The molecule has 0 amide bonds. The quantitative estimate of drug-likeness (QED) is 0.101. The van der Waals surface area contributed by atoms with Crippen molar-refractivity contribution in [1.29, 1.82) is 0 Å². The van der Waals surface area contributed by atoms with Gasteiger partial charge in [-0.25, -0.2) is 0 Å². The molecule has 16 aromatic heterocycles. The summed E-state index contributed by atoms with van der Waals surface area (Å²) in [6.45, 7) is 0. The molecule has 0 aliphatic rings. The van der Waals surface area contributed by atoms with E-state index in [-0.39, 0.29) is 73.8 Å². The Morgan fingerprint density at radius 1 is 0.193 bits per heavy atom. The summed E-state index contributed by atoms with van der Waals surface area (Å²) in [6, 6.07) is 60.4. The van der Waals surface area contributed by atoms with Crippen LogP contribution in [0.4, 0.5) is 0 Å². The van der Waals surface area contributed by atoms with E-state index in [0.717, 1.165) is 91.1 Å².